The summed E-state index contributed by atoms with van der Waals surface area (Å²) in [5.41, 5.74) is 0.585. The minimum atomic E-state index is 0.225. The van der Waals surface area contributed by atoms with Gasteiger partial charge in [0.25, 0.3) is 0 Å². The smallest absolute Gasteiger partial charge is 0.00967 e. The zero-order valence-electron chi connectivity index (χ0n) is 13.6. The van der Waals surface area contributed by atoms with Crippen LogP contribution < -0.4 is 5.32 Å². The van der Waals surface area contributed by atoms with Crippen LogP contribution in [0.15, 0.2) is 0 Å². The molecule has 1 saturated heterocycles. The Hall–Kier alpha value is -0.0800. The van der Waals surface area contributed by atoms with Gasteiger partial charge in [-0.3, -0.25) is 0 Å². The largest absolute Gasteiger partial charge is 0.311 e. The zero-order valence-corrected chi connectivity index (χ0v) is 13.6. The van der Waals surface area contributed by atoms with Crippen molar-refractivity contribution in [2.75, 3.05) is 26.2 Å². The molecular weight excluding hydrogens is 220 g/mol. The molecule has 1 aliphatic heterocycles. The number of nitrogens with zero attached hydrogens (tertiary/aromatic N) is 1. The van der Waals surface area contributed by atoms with Gasteiger partial charge >= 0.3 is 0 Å². The summed E-state index contributed by atoms with van der Waals surface area (Å²) in [6.07, 6.45) is 1.39. The van der Waals surface area contributed by atoms with E-state index in [4.69, 9.17) is 0 Å². The number of rotatable bonds is 5. The molecule has 18 heavy (non-hydrogen) atoms. The summed E-state index contributed by atoms with van der Waals surface area (Å²) >= 11 is 0. The first kappa shape index (κ1) is 16.0. The first-order chi connectivity index (χ1) is 8.09. The van der Waals surface area contributed by atoms with Gasteiger partial charge in [-0.05, 0) is 51.0 Å². The maximum atomic E-state index is 3.64. The monoisotopic (exact) mass is 254 g/mol. The summed E-state index contributed by atoms with van der Waals surface area (Å²) in [6, 6.07) is 0. The maximum absolute atomic E-state index is 3.64. The highest BCUT2D eigenvalue weighted by Crippen LogP contribution is 2.27. The van der Waals surface area contributed by atoms with Crippen LogP contribution in [0.25, 0.3) is 0 Å². The Morgan fingerprint density at radius 1 is 1.17 bits per heavy atom. The lowest BCUT2D eigenvalue weighted by Crippen LogP contribution is -2.46. The predicted molar refractivity (Wildman–Crippen MR) is 80.9 cm³/mol. The molecule has 1 aliphatic rings. The van der Waals surface area contributed by atoms with E-state index in [1.165, 1.54) is 26.1 Å². The van der Waals surface area contributed by atoms with Gasteiger partial charge < -0.3 is 10.2 Å². The van der Waals surface area contributed by atoms with Crippen LogP contribution in [-0.4, -0.2) is 36.6 Å². The van der Waals surface area contributed by atoms with E-state index in [2.05, 4.69) is 58.7 Å². The van der Waals surface area contributed by atoms with Gasteiger partial charge in [-0.15, -0.1) is 0 Å². The number of nitrogens with one attached hydrogen (secondary N) is 1. The van der Waals surface area contributed by atoms with Crippen molar-refractivity contribution in [1.82, 2.24) is 10.2 Å². The fraction of sp³-hybridized carbons (Fsp3) is 1.00. The van der Waals surface area contributed by atoms with Gasteiger partial charge in [-0.2, -0.15) is 0 Å². The maximum Gasteiger partial charge on any atom is 0.00967 e. The third-order valence-corrected chi connectivity index (χ3v) is 4.00. The quantitative estimate of drug-likeness (QED) is 0.809. The van der Waals surface area contributed by atoms with Crippen LogP contribution in [0.4, 0.5) is 0 Å². The summed E-state index contributed by atoms with van der Waals surface area (Å²) in [4.78, 5) is 2.66. The van der Waals surface area contributed by atoms with Crippen molar-refractivity contribution in [2.24, 2.45) is 17.3 Å². The SMILES string of the molecule is CC(C)C1CCN(CC(C)(C)CNC(C)(C)C)C1. The van der Waals surface area contributed by atoms with E-state index in [1.807, 2.05) is 0 Å². The molecule has 1 fully saturated rings. The van der Waals surface area contributed by atoms with Gasteiger partial charge in [-0.1, -0.05) is 27.7 Å². The van der Waals surface area contributed by atoms with Crippen LogP contribution >= 0.6 is 0 Å². The molecule has 0 saturated carbocycles. The second-order valence-corrected chi connectivity index (χ2v) is 8.30. The Morgan fingerprint density at radius 2 is 1.78 bits per heavy atom. The molecule has 108 valence electrons. The molecule has 1 N–H and O–H groups in total. The highest BCUT2D eigenvalue weighted by molar-refractivity contribution is 4.85. The molecule has 0 amide bonds. The van der Waals surface area contributed by atoms with E-state index in [0.29, 0.717) is 5.41 Å². The average Bonchev–Trinajstić information content (AvgIpc) is 2.62. The van der Waals surface area contributed by atoms with E-state index in [1.54, 1.807) is 0 Å². The number of likely N-dealkylation sites (tertiary alicyclic amines) is 1. The minimum Gasteiger partial charge on any atom is -0.311 e. The first-order valence-electron chi connectivity index (χ1n) is 7.56. The Morgan fingerprint density at radius 3 is 2.22 bits per heavy atom. The van der Waals surface area contributed by atoms with E-state index in [0.717, 1.165) is 18.4 Å². The first-order valence-corrected chi connectivity index (χ1v) is 7.56. The summed E-state index contributed by atoms with van der Waals surface area (Å²) in [5.74, 6) is 1.75. The van der Waals surface area contributed by atoms with E-state index < -0.39 is 0 Å². The molecule has 1 atom stereocenters. The molecule has 1 unspecified atom stereocenters. The lowest BCUT2D eigenvalue weighted by Gasteiger charge is -2.34. The van der Waals surface area contributed by atoms with E-state index >= 15 is 0 Å². The fourth-order valence-corrected chi connectivity index (χ4v) is 2.72. The predicted octanol–water partition coefficient (Wildman–Crippen LogP) is 3.38. The van der Waals surface area contributed by atoms with Crippen molar-refractivity contribution in [3.05, 3.63) is 0 Å². The number of hydrogen-bond acceptors (Lipinski definition) is 2. The second kappa shape index (κ2) is 5.92. The van der Waals surface area contributed by atoms with Crippen LogP contribution in [0.1, 0.15) is 54.9 Å². The molecular formula is C16H34N2. The molecule has 1 rings (SSSR count). The standard InChI is InChI=1S/C16H34N2/c1-13(2)14-8-9-18(10-14)12-16(6,7)11-17-15(3,4)5/h13-14,17H,8-12H2,1-7H3. The lowest BCUT2D eigenvalue weighted by atomic mass is 9.91. The molecule has 0 spiro atoms. The Labute approximate surface area is 115 Å². The third kappa shape index (κ3) is 5.71. The third-order valence-electron chi connectivity index (χ3n) is 4.00. The molecule has 1 heterocycles. The molecule has 2 nitrogen and oxygen atoms in total. The van der Waals surface area contributed by atoms with Crippen molar-refractivity contribution < 1.29 is 0 Å². The molecule has 0 bridgehead atoms. The highest BCUT2D eigenvalue weighted by atomic mass is 15.2. The normalized spacial score (nSPS) is 23.0. The van der Waals surface area contributed by atoms with Crippen molar-refractivity contribution in [2.45, 2.75) is 60.4 Å². The van der Waals surface area contributed by atoms with E-state index in [-0.39, 0.29) is 5.54 Å². The number of hydrogen-bond donors (Lipinski definition) is 1. The minimum absolute atomic E-state index is 0.225. The average molecular weight is 254 g/mol. The lowest BCUT2D eigenvalue weighted by molar-refractivity contribution is 0.183. The van der Waals surface area contributed by atoms with Gasteiger partial charge in [-0.25, -0.2) is 0 Å². The van der Waals surface area contributed by atoms with Crippen LogP contribution in [0.5, 0.6) is 0 Å². The van der Waals surface area contributed by atoms with Crippen LogP contribution in [-0.2, 0) is 0 Å². The molecule has 2 heteroatoms. The summed E-state index contributed by atoms with van der Waals surface area (Å²) < 4.78 is 0. The molecule has 0 aliphatic carbocycles. The van der Waals surface area contributed by atoms with Crippen molar-refractivity contribution >= 4 is 0 Å². The van der Waals surface area contributed by atoms with Crippen LogP contribution in [0.3, 0.4) is 0 Å². The van der Waals surface area contributed by atoms with Crippen LogP contribution in [0, 0.1) is 17.3 Å². The zero-order chi connectivity index (χ0) is 14.0. The summed E-state index contributed by atoms with van der Waals surface area (Å²) in [5, 5.41) is 3.64. The summed E-state index contributed by atoms with van der Waals surface area (Å²) in [7, 11) is 0. The van der Waals surface area contributed by atoms with E-state index in [9.17, 15) is 0 Å². The molecule has 0 aromatic rings. The van der Waals surface area contributed by atoms with Gasteiger partial charge in [0.2, 0.25) is 0 Å². The molecule has 0 aromatic carbocycles. The molecule has 0 aromatic heterocycles. The molecule has 0 radical (unpaired) electrons. The topological polar surface area (TPSA) is 15.3 Å². The van der Waals surface area contributed by atoms with Gasteiger partial charge in [0.15, 0.2) is 0 Å². The van der Waals surface area contributed by atoms with Gasteiger partial charge in [0.05, 0.1) is 0 Å². The van der Waals surface area contributed by atoms with Crippen LogP contribution in [0.2, 0.25) is 0 Å². The van der Waals surface area contributed by atoms with Crippen molar-refractivity contribution in [3.8, 4) is 0 Å². The Balaban J connectivity index is 2.37. The second-order valence-electron chi connectivity index (χ2n) is 8.30. The highest BCUT2D eigenvalue weighted by Gasteiger charge is 2.29. The summed E-state index contributed by atoms with van der Waals surface area (Å²) in [6.45, 7) is 21.1. The van der Waals surface area contributed by atoms with Gasteiger partial charge in [0, 0.05) is 25.2 Å². The van der Waals surface area contributed by atoms with Crippen molar-refractivity contribution in [1.29, 1.82) is 0 Å². The Bertz CT molecular complexity index is 250. The Kier molecular flexibility index (Phi) is 5.25. The van der Waals surface area contributed by atoms with Gasteiger partial charge in [0.1, 0.15) is 0 Å². The van der Waals surface area contributed by atoms with Crippen molar-refractivity contribution in [3.63, 3.8) is 0 Å². The fourth-order valence-electron chi connectivity index (χ4n) is 2.72.